The van der Waals surface area contributed by atoms with Gasteiger partial charge in [-0.05, 0) is 25.1 Å². The minimum atomic E-state index is -1.41. The van der Waals surface area contributed by atoms with Crippen molar-refractivity contribution in [2.24, 2.45) is 0 Å². The van der Waals surface area contributed by atoms with E-state index < -0.39 is 29.8 Å². The molecular formula is C26H25ClF2N4O4. The third-order valence-electron chi connectivity index (χ3n) is 6.41. The Morgan fingerprint density at radius 2 is 1.92 bits per heavy atom. The molecule has 3 aromatic rings. The first-order chi connectivity index (χ1) is 17.6. The maximum absolute atomic E-state index is 14.4. The Balaban J connectivity index is 1.56. The van der Waals surface area contributed by atoms with Crippen LogP contribution in [-0.4, -0.2) is 58.8 Å². The Kier molecular flexibility index (Phi) is 7.58. The van der Waals surface area contributed by atoms with Crippen LogP contribution in [0.5, 0.6) is 0 Å². The molecule has 1 fully saturated rings. The first-order valence-corrected chi connectivity index (χ1v) is 12.0. The monoisotopic (exact) mass is 530 g/mol. The van der Waals surface area contributed by atoms with E-state index in [1.54, 1.807) is 24.3 Å². The summed E-state index contributed by atoms with van der Waals surface area (Å²) in [6.45, 7) is 0.670. The summed E-state index contributed by atoms with van der Waals surface area (Å²) in [6, 6.07) is 8.09. The number of nitrogens with one attached hydrogen (secondary N) is 2. The molecular weight excluding hydrogens is 506 g/mol. The molecule has 0 aliphatic carbocycles. The molecule has 8 nitrogen and oxygen atoms in total. The molecule has 0 radical (unpaired) electrons. The third kappa shape index (κ3) is 5.34. The summed E-state index contributed by atoms with van der Waals surface area (Å²) in [5, 5.41) is 5.56. The molecule has 2 N–H and O–H groups in total. The maximum atomic E-state index is 14.4. The number of likely N-dealkylation sites (tertiary alicyclic amines) is 1. The van der Waals surface area contributed by atoms with Crippen molar-refractivity contribution in [2.45, 2.75) is 38.6 Å². The number of hydrogen-bond donors (Lipinski definition) is 2. The van der Waals surface area contributed by atoms with Gasteiger partial charge in [-0.25, -0.2) is 8.78 Å². The molecule has 4 rings (SSSR count). The first kappa shape index (κ1) is 26.3. The van der Waals surface area contributed by atoms with Crippen molar-refractivity contribution >= 4 is 46.0 Å². The van der Waals surface area contributed by atoms with Gasteiger partial charge < -0.3 is 20.1 Å². The number of nitrogens with zero attached hydrogens (tertiary/aromatic N) is 2. The number of aromatic nitrogens is 1. The lowest BCUT2D eigenvalue weighted by Gasteiger charge is -2.24. The topological polar surface area (TPSA) is 101 Å². The second-order valence-electron chi connectivity index (χ2n) is 8.86. The average molecular weight is 531 g/mol. The van der Waals surface area contributed by atoms with E-state index in [9.17, 15) is 28.0 Å². The fraction of sp³-hybridized carbons (Fsp3) is 0.308. The van der Waals surface area contributed by atoms with Crippen molar-refractivity contribution in [1.82, 2.24) is 20.1 Å². The highest BCUT2D eigenvalue weighted by Gasteiger charge is 2.39. The molecule has 1 aromatic heterocycles. The fourth-order valence-corrected chi connectivity index (χ4v) is 4.71. The van der Waals surface area contributed by atoms with Crippen LogP contribution >= 0.6 is 11.6 Å². The zero-order chi connectivity index (χ0) is 26.9. The Bertz CT molecular complexity index is 1410. The summed E-state index contributed by atoms with van der Waals surface area (Å²) < 4.78 is 30.0. The molecule has 1 aliphatic heterocycles. The molecule has 0 saturated carbocycles. The molecule has 37 heavy (non-hydrogen) atoms. The molecule has 0 spiro atoms. The van der Waals surface area contributed by atoms with Gasteiger partial charge in [0.2, 0.25) is 11.8 Å². The Labute approximate surface area is 216 Å². The first-order valence-electron chi connectivity index (χ1n) is 11.6. The van der Waals surface area contributed by atoms with Crippen LogP contribution in [0.15, 0.2) is 42.6 Å². The lowest BCUT2D eigenvalue weighted by atomic mass is 10.1. The molecule has 2 heterocycles. The number of ketones is 1. The van der Waals surface area contributed by atoms with Crippen LogP contribution in [0.4, 0.5) is 8.78 Å². The SMILES string of the molecule is CNC(=O)c1ccc2c(C(C)=O)cn(CC(=O)N3C[C@H](F)C[C@H]3C(=O)NCc3cccc(Cl)c3F)c2c1. The number of carbonyl (C=O) groups excluding carboxylic acids is 4. The van der Waals surface area contributed by atoms with Gasteiger partial charge in [0.25, 0.3) is 5.91 Å². The van der Waals surface area contributed by atoms with Crippen LogP contribution < -0.4 is 10.6 Å². The zero-order valence-electron chi connectivity index (χ0n) is 20.2. The lowest BCUT2D eigenvalue weighted by Crippen LogP contribution is -2.46. The quantitative estimate of drug-likeness (QED) is 0.458. The van der Waals surface area contributed by atoms with Gasteiger partial charge in [-0.15, -0.1) is 0 Å². The van der Waals surface area contributed by atoms with E-state index in [2.05, 4.69) is 10.6 Å². The van der Waals surface area contributed by atoms with E-state index in [1.807, 2.05) is 0 Å². The minimum absolute atomic E-state index is 0.0864. The number of hydrogen-bond acceptors (Lipinski definition) is 4. The highest BCUT2D eigenvalue weighted by molar-refractivity contribution is 6.30. The van der Waals surface area contributed by atoms with Crippen molar-refractivity contribution in [3.05, 3.63) is 70.1 Å². The van der Waals surface area contributed by atoms with Gasteiger partial charge in [0, 0.05) is 48.3 Å². The molecule has 0 bridgehead atoms. The molecule has 3 amide bonds. The van der Waals surface area contributed by atoms with Crippen LogP contribution in [0.3, 0.4) is 0 Å². The van der Waals surface area contributed by atoms with Crippen molar-refractivity contribution in [1.29, 1.82) is 0 Å². The predicted molar refractivity (Wildman–Crippen MR) is 134 cm³/mol. The third-order valence-corrected chi connectivity index (χ3v) is 6.71. The number of amides is 3. The smallest absolute Gasteiger partial charge is 0.251 e. The van der Waals surface area contributed by atoms with Crippen LogP contribution in [0, 0.1) is 5.82 Å². The van der Waals surface area contributed by atoms with Crippen LogP contribution in [-0.2, 0) is 22.7 Å². The van der Waals surface area contributed by atoms with Gasteiger partial charge in [0.1, 0.15) is 24.6 Å². The molecule has 2 aromatic carbocycles. The summed E-state index contributed by atoms with van der Waals surface area (Å²) >= 11 is 5.78. The maximum Gasteiger partial charge on any atom is 0.251 e. The number of Topliss-reactive ketones (excluding diaryl/α,β-unsaturated/α-hetero) is 1. The number of alkyl halides is 1. The van der Waals surface area contributed by atoms with Crippen molar-refractivity contribution in [2.75, 3.05) is 13.6 Å². The standard InChI is InChI=1S/C26H25ClF2N4O4/c1-14(34)19-12-32(21-8-15(25(36)30-2)6-7-18(19)21)13-23(35)33-11-17(28)9-22(33)26(37)31-10-16-4-3-5-20(27)24(16)29/h3-8,12,17,22H,9-11,13H2,1-2H3,(H,30,36)(H,31,37)/t17-,22+/m1/s1. The van der Waals surface area contributed by atoms with E-state index >= 15 is 0 Å². The van der Waals surface area contributed by atoms with E-state index in [4.69, 9.17) is 11.6 Å². The summed E-state index contributed by atoms with van der Waals surface area (Å²) in [5.74, 6) is -2.37. The van der Waals surface area contributed by atoms with Gasteiger partial charge in [-0.3, -0.25) is 19.2 Å². The van der Waals surface area contributed by atoms with Crippen molar-refractivity contribution < 1.29 is 28.0 Å². The van der Waals surface area contributed by atoms with Crippen molar-refractivity contribution in [3.63, 3.8) is 0 Å². The Morgan fingerprint density at radius 1 is 1.16 bits per heavy atom. The van der Waals surface area contributed by atoms with E-state index in [0.717, 1.165) is 4.90 Å². The Morgan fingerprint density at radius 3 is 2.62 bits per heavy atom. The molecule has 11 heteroatoms. The summed E-state index contributed by atoms with van der Waals surface area (Å²) in [7, 11) is 1.49. The number of carbonyl (C=O) groups is 4. The van der Waals surface area contributed by atoms with Gasteiger partial charge >= 0.3 is 0 Å². The lowest BCUT2D eigenvalue weighted by molar-refractivity contribution is -0.139. The van der Waals surface area contributed by atoms with Crippen LogP contribution in [0.2, 0.25) is 5.02 Å². The highest BCUT2D eigenvalue weighted by atomic mass is 35.5. The highest BCUT2D eigenvalue weighted by Crippen LogP contribution is 2.26. The number of rotatable bonds is 7. The van der Waals surface area contributed by atoms with Gasteiger partial charge in [0.15, 0.2) is 5.78 Å². The number of halogens is 3. The molecule has 0 unspecified atom stereocenters. The predicted octanol–water partition coefficient (Wildman–Crippen LogP) is 3.25. The zero-order valence-corrected chi connectivity index (χ0v) is 20.9. The second-order valence-corrected chi connectivity index (χ2v) is 9.27. The van der Waals surface area contributed by atoms with Crippen molar-refractivity contribution in [3.8, 4) is 0 Å². The Hall–Kier alpha value is -3.79. The molecule has 1 aliphatic rings. The van der Waals surface area contributed by atoms with Gasteiger partial charge in [0.05, 0.1) is 17.1 Å². The molecule has 194 valence electrons. The minimum Gasteiger partial charge on any atom is -0.355 e. The normalized spacial score (nSPS) is 17.2. The largest absolute Gasteiger partial charge is 0.355 e. The number of fused-ring (bicyclic) bond motifs is 1. The average Bonchev–Trinajstić information content (AvgIpc) is 3.44. The summed E-state index contributed by atoms with van der Waals surface area (Å²) in [5.41, 5.74) is 1.35. The van der Waals surface area contributed by atoms with Gasteiger partial charge in [-0.2, -0.15) is 0 Å². The van der Waals surface area contributed by atoms with Gasteiger partial charge in [-0.1, -0.05) is 29.8 Å². The molecule has 1 saturated heterocycles. The number of benzene rings is 2. The van der Waals surface area contributed by atoms with E-state index in [-0.39, 0.29) is 48.3 Å². The second kappa shape index (κ2) is 10.7. The summed E-state index contributed by atoms with van der Waals surface area (Å²) in [6.07, 6.45) is -0.0864. The van der Waals surface area contributed by atoms with Crippen LogP contribution in [0.25, 0.3) is 10.9 Å². The molecule has 2 atom stereocenters. The summed E-state index contributed by atoms with van der Waals surface area (Å²) in [4.78, 5) is 51.6. The van der Waals surface area contributed by atoms with Crippen LogP contribution in [0.1, 0.15) is 39.6 Å². The fourth-order valence-electron chi connectivity index (χ4n) is 4.52. The van der Waals surface area contributed by atoms with E-state index in [1.165, 1.54) is 36.9 Å². The van der Waals surface area contributed by atoms with E-state index in [0.29, 0.717) is 22.0 Å².